The fourth-order valence-electron chi connectivity index (χ4n) is 3.10. The Morgan fingerprint density at radius 2 is 1.96 bits per heavy atom. The van der Waals surface area contributed by atoms with Gasteiger partial charge in [-0.1, -0.05) is 12.1 Å². The van der Waals surface area contributed by atoms with Crippen LogP contribution in [0.25, 0.3) is 11.0 Å². The first-order valence-electron chi connectivity index (χ1n) is 8.73. The number of ether oxygens (including phenoxy) is 2. The lowest BCUT2D eigenvalue weighted by molar-refractivity contribution is -0.105. The monoisotopic (exact) mass is 349 g/mol. The van der Waals surface area contributed by atoms with Gasteiger partial charge in [-0.25, -0.2) is 0 Å². The minimum absolute atomic E-state index is 0.208. The molecule has 5 heteroatoms. The molecule has 0 amide bonds. The van der Waals surface area contributed by atoms with Gasteiger partial charge in [0, 0.05) is 17.9 Å². The Labute approximate surface area is 151 Å². The van der Waals surface area contributed by atoms with Crippen molar-refractivity contribution in [1.29, 1.82) is 5.26 Å². The zero-order valence-corrected chi connectivity index (χ0v) is 14.2. The van der Waals surface area contributed by atoms with Crippen molar-refractivity contribution in [2.45, 2.75) is 31.7 Å². The van der Waals surface area contributed by atoms with Gasteiger partial charge >= 0.3 is 0 Å². The van der Waals surface area contributed by atoms with Crippen LogP contribution in [0.3, 0.4) is 0 Å². The van der Waals surface area contributed by atoms with E-state index in [0.29, 0.717) is 28.2 Å². The normalized spacial score (nSPS) is 18.4. The number of nitriles is 1. The molecule has 1 aromatic heterocycles. The highest BCUT2D eigenvalue weighted by molar-refractivity contribution is 5.79. The first kappa shape index (κ1) is 16.6. The minimum Gasteiger partial charge on any atom is -0.465 e. The number of rotatable bonds is 4. The fraction of sp³-hybridized carbons (Fsp3) is 0.286. The van der Waals surface area contributed by atoms with Crippen molar-refractivity contribution in [1.82, 2.24) is 0 Å². The average Bonchev–Trinajstić information content (AvgIpc) is 3.11. The maximum atomic E-state index is 10.6. The van der Waals surface area contributed by atoms with Crippen molar-refractivity contribution >= 4 is 11.0 Å². The van der Waals surface area contributed by atoms with E-state index < -0.39 is 6.10 Å². The van der Waals surface area contributed by atoms with E-state index in [1.54, 1.807) is 24.3 Å². The van der Waals surface area contributed by atoms with Crippen LogP contribution in [0.4, 0.5) is 0 Å². The van der Waals surface area contributed by atoms with Crippen LogP contribution in [0.1, 0.15) is 42.3 Å². The van der Waals surface area contributed by atoms with E-state index in [1.165, 1.54) is 0 Å². The Morgan fingerprint density at radius 1 is 1.12 bits per heavy atom. The van der Waals surface area contributed by atoms with Crippen LogP contribution in [0.2, 0.25) is 0 Å². The first-order valence-corrected chi connectivity index (χ1v) is 8.73. The van der Waals surface area contributed by atoms with Gasteiger partial charge in [-0.2, -0.15) is 5.26 Å². The van der Waals surface area contributed by atoms with Crippen LogP contribution < -0.4 is 4.74 Å². The lowest BCUT2D eigenvalue weighted by atomic mass is 10.1. The fourth-order valence-corrected chi connectivity index (χ4v) is 3.10. The van der Waals surface area contributed by atoms with E-state index in [-0.39, 0.29) is 6.29 Å². The zero-order chi connectivity index (χ0) is 17.9. The van der Waals surface area contributed by atoms with Crippen LogP contribution in [-0.2, 0) is 4.74 Å². The van der Waals surface area contributed by atoms with Crippen LogP contribution in [0.5, 0.6) is 5.75 Å². The molecule has 4 rings (SSSR count). The molecular formula is C21H19NO4. The second kappa shape index (κ2) is 7.20. The van der Waals surface area contributed by atoms with Gasteiger partial charge < -0.3 is 19.0 Å². The van der Waals surface area contributed by atoms with Crippen molar-refractivity contribution in [2.75, 3.05) is 6.61 Å². The van der Waals surface area contributed by atoms with Gasteiger partial charge in [-0.15, -0.1) is 0 Å². The summed E-state index contributed by atoms with van der Waals surface area (Å²) in [5, 5.41) is 20.3. The maximum absolute atomic E-state index is 10.6. The van der Waals surface area contributed by atoms with Crippen LogP contribution in [0, 0.1) is 11.3 Å². The largest absolute Gasteiger partial charge is 0.465 e. The predicted molar refractivity (Wildman–Crippen MR) is 95.7 cm³/mol. The molecule has 1 aliphatic rings. The number of aliphatic hydroxyl groups excluding tert-OH is 1. The Hall–Kier alpha value is -2.81. The van der Waals surface area contributed by atoms with E-state index in [9.17, 15) is 5.11 Å². The molecule has 5 nitrogen and oxygen atoms in total. The lowest BCUT2D eigenvalue weighted by Gasteiger charge is -2.23. The molecule has 1 saturated heterocycles. The number of aliphatic hydroxyl groups is 1. The topological polar surface area (TPSA) is 75.6 Å². The van der Waals surface area contributed by atoms with E-state index in [0.717, 1.165) is 31.3 Å². The number of furan rings is 1. The lowest BCUT2D eigenvalue weighted by Crippen LogP contribution is -2.24. The summed E-state index contributed by atoms with van der Waals surface area (Å²) in [5.41, 5.74) is 1.88. The molecule has 1 fully saturated rings. The van der Waals surface area contributed by atoms with Gasteiger partial charge in [0.2, 0.25) is 0 Å². The number of nitrogens with zero attached hydrogens (tertiary/aromatic N) is 1. The van der Waals surface area contributed by atoms with Gasteiger partial charge in [0.15, 0.2) is 6.29 Å². The van der Waals surface area contributed by atoms with Gasteiger partial charge in [0.05, 0.1) is 18.2 Å². The number of hydrogen-bond donors (Lipinski definition) is 1. The van der Waals surface area contributed by atoms with Crippen molar-refractivity contribution < 1.29 is 19.0 Å². The molecule has 2 aromatic carbocycles. The van der Waals surface area contributed by atoms with Crippen LogP contribution in [0.15, 0.2) is 52.9 Å². The van der Waals surface area contributed by atoms with Crippen molar-refractivity contribution in [2.24, 2.45) is 0 Å². The quantitative estimate of drug-likeness (QED) is 0.760. The van der Waals surface area contributed by atoms with Crippen molar-refractivity contribution in [3.05, 3.63) is 65.4 Å². The van der Waals surface area contributed by atoms with Crippen molar-refractivity contribution in [3.63, 3.8) is 0 Å². The van der Waals surface area contributed by atoms with Gasteiger partial charge in [-0.3, -0.25) is 0 Å². The third-order valence-corrected chi connectivity index (χ3v) is 4.54. The molecule has 132 valence electrons. The molecule has 2 atom stereocenters. The van der Waals surface area contributed by atoms with Gasteiger partial charge in [0.1, 0.15) is 23.2 Å². The molecule has 26 heavy (non-hydrogen) atoms. The standard InChI is InChI=1S/C21H19NO4/c22-13-14-4-6-15(7-5-14)21(23)19-11-16-8-9-17(12-18(16)26-19)25-20-3-1-2-10-24-20/h4-9,11-12,20-21,23H,1-3,10H2. The third-order valence-electron chi connectivity index (χ3n) is 4.54. The van der Waals surface area contributed by atoms with Gasteiger partial charge in [-0.05, 0) is 48.7 Å². The first-order chi connectivity index (χ1) is 12.7. The summed E-state index contributed by atoms with van der Waals surface area (Å²) in [5.74, 6) is 1.15. The predicted octanol–water partition coefficient (Wildman–Crippen LogP) is 4.29. The molecule has 3 aromatic rings. The second-order valence-corrected chi connectivity index (χ2v) is 6.40. The number of hydrogen-bond acceptors (Lipinski definition) is 5. The SMILES string of the molecule is N#Cc1ccc(C(O)c2cc3ccc(OC4CCCCO4)cc3o2)cc1. The van der Waals surface area contributed by atoms with E-state index in [2.05, 4.69) is 6.07 Å². The summed E-state index contributed by atoms with van der Waals surface area (Å²) in [6.45, 7) is 0.731. The highest BCUT2D eigenvalue weighted by Gasteiger charge is 2.18. The molecule has 2 unspecified atom stereocenters. The molecular weight excluding hydrogens is 330 g/mol. The number of fused-ring (bicyclic) bond motifs is 1. The molecule has 1 N–H and O–H groups in total. The Morgan fingerprint density at radius 3 is 2.69 bits per heavy atom. The second-order valence-electron chi connectivity index (χ2n) is 6.40. The zero-order valence-electron chi connectivity index (χ0n) is 14.2. The third kappa shape index (κ3) is 3.43. The summed E-state index contributed by atoms with van der Waals surface area (Å²) in [4.78, 5) is 0. The highest BCUT2D eigenvalue weighted by atomic mass is 16.7. The Bertz CT molecular complexity index is 933. The van der Waals surface area contributed by atoms with E-state index >= 15 is 0 Å². The molecule has 0 radical (unpaired) electrons. The molecule has 1 aliphatic heterocycles. The summed E-state index contributed by atoms with van der Waals surface area (Å²) in [7, 11) is 0. The molecule has 0 saturated carbocycles. The maximum Gasteiger partial charge on any atom is 0.199 e. The molecule has 2 heterocycles. The van der Waals surface area contributed by atoms with Crippen LogP contribution in [-0.4, -0.2) is 18.0 Å². The van der Waals surface area contributed by atoms with E-state index in [4.69, 9.17) is 19.2 Å². The molecule has 0 bridgehead atoms. The summed E-state index contributed by atoms with van der Waals surface area (Å²) >= 11 is 0. The van der Waals surface area contributed by atoms with Crippen LogP contribution >= 0.6 is 0 Å². The molecule has 0 aliphatic carbocycles. The smallest absolute Gasteiger partial charge is 0.199 e. The Balaban J connectivity index is 1.55. The minimum atomic E-state index is -0.888. The summed E-state index contributed by atoms with van der Waals surface area (Å²) in [6, 6.07) is 16.3. The van der Waals surface area contributed by atoms with Gasteiger partial charge in [0.25, 0.3) is 0 Å². The van der Waals surface area contributed by atoms with Crippen molar-refractivity contribution in [3.8, 4) is 11.8 Å². The highest BCUT2D eigenvalue weighted by Crippen LogP contribution is 2.31. The summed E-state index contributed by atoms with van der Waals surface area (Å²) in [6.07, 6.45) is 1.97. The van der Waals surface area contributed by atoms with E-state index in [1.807, 2.05) is 24.3 Å². The number of benzene rings is 2. The average molecular weight is 349 g/mol. The summed E-state index contributed by atoms with van der Waals surface area (Å²) < 4.78 is 17.3. The molecule has 0 spiro atoms. The Kier molecular flexibility index (Phi) is 4.61.